The Labute approximate surface area is 194 Å². The SMILES string of the molecule is Cn1cc(-c2ccc(Cn3cc4c(=O)n(-c5ccccc5F)nc-4c4ccccc43)cc2)cn1. The number of aromatic nitrogens is 5. The molecule has 0 spiro atoms. The van der Waals surface area contributed by atoms with Gasteiger partial charge in [0.2, 0.25) is 0 Å². The quantitative estimate of drug-likeness (QED) is 0.385. The number of hydrogen-bond acceptors (Lipinski definition) is 3. The number of aryl methyl sites for hydroxylation is 1. The number of rotatable bonds is 4. The normalized spacial score (nSPS) is 11.5. The van der Waals surface area contributed by atoms with Gasteiger partial charge in [-0.05, 0) is 29.3 Å². The number of benzene rings is 3. The predicted molar refractivity (Wildman–Crippen MR) is 130 cm³/mol. The molecule has 0 unspecified atom stereocenters. The Morgan fingerprint density at radius 3 is 2.41 bits per heavy atom. The van der Waals surface area contributed by atoms with Crippen LogP contribution >= 0.6 is 0 Å². The van der Waals surface area contributed by atoms with Gasteiger partial charge in [-0.3, -0.25) is 9.48 Å². The Morgan fingerprint density at radius 2 is 1.65 bits per heavy atom. The molecule has 0 saturated carbocycles. The van der Waals surface area contributed by atoms with Gasteiger partial charge in [-0.25, -0.2) is 4.39 Å². The highest BCUT2D eigenvalue weighted by atomic mass is 19.1. The van der Waals surface area contributed by atoms with Crippen LogP contribution in [0.2, 0.25) is 0 Å². The van der Waals surface area contributed by atoms with Gasteiger partial charge in [0.1, 0.15) is 17.2 Å². The van der Waals surface area contributed by atoms with E-state index in [1.54, 1.807) is 22.9 Å². The van der Waals surface area contributed by atoms with Crippen molar-refractivity contribution in [3.63, 3.8) is 0 Å². The lowest BCUT2D eigenvalue weighted by Crippen LogP contribution is -2.16. The summed E-state index contributed by atoms with van der Waals surface area (Å²) in [5, 5.41) is 9.59. The number of pyridine rings is 1. The van der Waals surface area contributed by atoms with Crippen LogP contribution in [0.4, 0.5) is 4.39 Å². The van der Waals surface area contributed by atoms with Crippen molar-refractivity contribution in [1.29, 1.82) is 0 Å². The van der Waals surface area contributed by atoms with E-state index in [1.807, 2.05) is 54.5 Å². The van der Waals surface area contributed by atoms with E-state index in [4.69, 9.17) is 0 Å². The van der Waals surface area contributed by atoms with Crippen molar-refractivity contribution < 1.29 is 4.39 Å². The lowest BCUT2D eigenvalue weighted by atomic mass is 10.1. The summed E-state index contributed by atoms with van der Waals surface area (Å²) in [5.41, 5.74) is 5.01. The first kappa shape index (κ1) is 20.1. The van der Waals surface area contributed by atoms with Crippen molar-refractivity contribution in [2.75, 3.05) is 0 Å². The summed E-state index contributed by atoms with van der Waals surface area (Å²) in [4.78, 5) is 13.2. The molecule has 0 bridgehead atoms. The van der Waals surface area contributed by atoms with Crippen molar-refractivity contribution in [1.82, 2.24) is 24.1 Å². The fraction of sp³-hybridized carbons (Fsp3) is 0.0741. The second-order valence-electron chi connectivity index (χ2n) is 8.30. The zero-order chi connectivity index (χ0) is 23.2. The van der Waals surface area contributed by atoms with Gasteiger partial charge in [-0.1, -0.05) is 54.6 Å². The molecule has 0 saturated heterocycles. The van der Waals surface area contributed by atoms with Crippen molar-refractivity contribution in [3.05, 3.63) is 113 Å². The van der Waals surface area contributed by atoms with E-state index in [9.17, 15) is 9.18 Å². The van der Waals surface area contributed by atoms with Gasteiger partial charge < -0.3 is 4.57 Å². The highest BCUT2D eigenvalue weighted by Crippen LogP contribution is 2.29. The first-order valence-electron chi connectivity index (χ1n) is 10.9. The minimum atomic E-state index is -0.488. The van der Waals surface area contributed by atoms with Gasteiger partial charge >= 0.3 is 0 Å². The van der Waals surface area contributed by atoms with Crippen LogP contribution in [0, 0.1) is 5.82 Å². The summed E-state index contributed by atoms with van der Waals surface area (Å²) in [6.07, 6.45) is 5.64. The molecule has 7 heteroatoms. The van der Waals surface area contributed by atoms with Crippen molar-refractivity contribution >= 4 is 10.9 Å². The molecule has 4 aromatic rings. The fourth-order valence-electron chi connectivity index (χ4n) is 4.37. The van der Waals surface area contributed by atoms with E-state index >= 15 is 0 Å². The van der Waals surface area contributed by atoms with Crippen LogP contribution in [-0.4, -0.2) is 24.1 Å². The summed E-state index contributed by atoms with van der Waals surface area (Å²) in [6, 6.07) is 22.3. The molecule has 6 nitrogen and oxygen atoms in total. The molecule has 0 aliphatic carbocycles. The van der Waals surface area contributed by atoms with Gasteiger partial charge in [0.05, 0.1) is 17.3 Å². The highest BCUT2D eigenvalue weighted by Gasteiger charge is 2.22. The van der Waals surface area contributed by atoms with Gasteiger partial charge in [0.25, 0.3) is 5.56 Å². The molecule has 0 N–H and O–H groups in total. The molecule has 166 valence electrons. The second-order valence-corrected chi connectivity index (χ2v) is 8.30. The maximum absolute atomic E-state index is 14.4. The zero-order valence-electron chi connectivity index (χ0n) is 18.4. The summed E-state index contributed by atoms with van der Waals surface area (Å²) >= 11 is 0. The summed E-state index contributed by atoms with van der Waals surface area (Å²) in [5.74, 6) is -0.488. The van der Waals surface area contributed by atoms with Crippen LogP contribution < -0.4 is 5.56 Å². The monoisotopic (exact) mass is 449 g/mol. The van der Waals surface area contributed by atoms with Crippen LogP contribution in [0.5, 0.6) is 0 Å². The van der Waals surface area contributed by atoms with Gasteiger partial charge in [-0.2, -0.15) is 14.9 Å². The molecule has 1 aromatic heterocycles. The highest BCUT2D eigenvalue weighted by molar-refractivity contribution is 5.93. The summed E-state index contributed by atoms with van der Waals surface area (Å²) in [6.45, 7) is 0.577. The van der Waals surface area contributed by atoms with Crippen LogP contribution in [-0.2, 0) is 13.6 Å². The summed E-state index contributed by atoms with van der Waals surface area (Å²) < 4.78 is 19.4. The van der Waals surface area contributed by atoms with E-state index in [0.717, 1.165) is 32.3 Å². The first-order chi connectivity index (χ1) is 16.6. The molecule has 3 aromatic carbocycles. The predicted octanol–water partition coefficient (Wildman–Crippen LogP) is 4.88. The number of halogens is 1. The van der Waals surface area contributed by atoms with E-state index in [0.29, 0.717) is 17.8 Å². The minimum Gasteiger partial charge on any atom is -0.342 e. The van der Waals surface area contributed by atoms with Gasteiger partial charge in [0, 0.05) is 36.9 Å². The third-order valence-corrected chi connectivity index (χ3v) is 6.06. The molecule has 0 amide bonds. The van der Waals surface area contributed by atoms with Crippen LogP contribution in [0.25, 0.3) is 39.0 Å². The smallest absolute Gasteiger partial charge is 0.282 e. The largest absolute Gasteiger partial charge is 0.342 e. The number of para-hydroxylation sites is 2. The molecule has 0 fully saturated rings. The average Bonchev–Trinajstić information content (AvgIpc) is 3.44. The van der Waals surface area contributed by atoms with Crippen LogP contribution in [0.1, 0.15) is 5.56 Å². The maximum Gasteiger partial charge on any atom is 0.282 e. The number of fused-ring (bicyclic) bond motifs is 3. The molecule has 34 heavy (non-hydrogen) atoms. The molecular weight excluding hydrogens is 429 g/mol. The van der Waals surface area contributed by atoms with Crippen molar-refractivity contribution in [2.45, 2.75) is 6.54 Å². The molecule has 0 atom stereocenters. The summed E-state index contributed by atoms with van der Waals surface area (Å²) in [7, 11) is 1.90. The zero-order valence-corrected chi connectivity index (χ0v) is 18.4. The Hall–Kier alpha value is -4.52. The first-order valence-corrected chi connectivity index (χ1v) is 10.9. The van der Waals surface area contributed by atoms with Gasteiger partial charge in [-0.15, -0.1) is 0 Å². The third kappa shape index (κ3) is 3.29. The molecule has 2 aliphatic rings. The standard InChI is InChI=1S/C27H20FN5O/c1-31-16-20(14-29-31)19-12-10-18(11-13-19)15-32-17-22-26(21-6-2-4-8-24(21)32)30-33(27(22)34)25-9-5-3-7-23(25)28/h2-14,16-17H,15H2,1H3. The molecule has 6 rings (SSSR count). The molecular formula is C27H20FN5O. The Morgan fingerprint density at radius 1 is 0.882 bits per heavy atom. The van der Waals surface area contributed by atoms with Crippen LogP contribution in [0.3, 0.4) is 0 Å². The van der Waals surface area contributed by atoms with E-state index in [-0.39, 0.29) is 11.2 Å². The lowest BCUT2D eigenvalue weighted by molar-refractivity contribution is 0.609. The second kappa shape index (κ2) is 7.81. The van der Waals surface area contributed by atoms with Crippen LogP contribution in [0.15, 0.2) is 96.2 Å². The lowest BCUT2D eigenvalue weighted by Gasteiger charge is -2.14. The van der Waals surface area contributed by atoms with E-state index in [2.05, 4.69) is 34.5 Å². The number of nitrogens with zero attached hydrogens (tertiary/aromatic N) is 5. The molecule has 0 radical (unpaired) electrons. The molecule has 3 heterocycles. The Bertz CT molecular complexity index is 1680. The third-order valence-electron chi connectivity index (χ3n) is 6.06. The van der Waals surface area contributed by atoms with Crippen molar-refractivity contribution in [2.24, 2.45) is 7.05 Å². The number of hydrogen-bond donors (Lipinski definition) is 0. The van der Waals surface area contributed by atoms with Crippen molar-refractivity contribution in [3.8, 4) is 28.1 Å². The maximum atomic E-state index is 14.4. The average molecular weight is 449 g/mol. The topological polar surface area (TPSA) is 57.6 Å². The van der Waals surface area contributed by atoms with Gasteiger partial charge in [0.15, 0.2) is 0 Å². The van der Waals surface area contributed by atoms with E-state index < -0.39 is 5.82 Å². The minimum absolute atomic E-state index is 0.144. The fourth-order valence-corrected chi connectivity index (χ4v) is 4.37. The Balaban J connectivity index is 1.46. The Kier molecular flexibility index (Phi) is 4.62. The van der Waals surface area contributed by atoms with E-state index in [1.165, 1.54) is 6.07 Å². The molecule has 2 aliphatic heterocycles.